The van der Waals surface area contributed by atoms with E-state index in [9.17, 15) is 14.7 Å². The summed E-state index contributed by atoms with van der Waals surface area (Å²) in [5.74, 6) is -0.477. The van der Waals surface area contributed by atoms with Crippen LogP contribution in [-0.4, -0.2) is 60.4 Å². The predicted octanol–water partition coefficient (Wildman–Crippen LogP) is 6.31. The van der Waals surface area contributed by atoms with E-state index in [1.54, 1.807) is 6.07 Å². The maximum Gasteiger partial charge on any atom is 0.328 e. The minimum Gasteiger partial charge on any atom is -0.467 e. The number of rotatable bonds is 13. The number of hydrogen-bond donors (Lipinski definition) is 3. The second-order valence-corrected chi connectivity index (χ2v) is 12.5. The number of nitrogens with one attached hydrogen (secondary N) is 2. The summed E-state index contributed by atoms with van der Waals surface area (Å²) in [6, 6.07) is 23.9. The molecule has 1 saturated carbocycles. The molecule has 250 valence electrons. The molecule has 3 aromatic rings. The summed E-state index contributed by atoms with van der Waals surface area (Å²) in [6.07, 6.45) is 6.05. The molecule has 0 aromatic heterocycles. The van der Waals surface area contributed by atoms with Crippen LogP contribution in [0.3, 0.4) is 0 Å². The van der Waals surface area contributed by atoms with Gasteiger partial charge in [0.05, 0.1) is 25.9 Å². The van der Waals surface area contributed by atoms with Crippen LogP contribution >= 0.6 is 0 Å². The lowest BCUT2D eigenvalue weighted by Crippen LogP contribution is -2.47. The van der Waals surface area contributed by atoms with Gasteiger partial charge in [-0.15, -0.1) is 6.58 Å². The minimum absolute atomic E-state index is 0.0202. The van der Waals surface area contributed by atoms with Crippen molar-refractivity contribution >= 4 is 17.7 Å². The minimum atomic E-state index is -0.853. The van der Waals surface area contributed by atoms with Gasteiger partial charge < -0.3 is 30.0 Å². The number of carbonyl (C=O) groups is 2. The van der Waals surface area contributed by atoms with Gasteiger partial charge in [-0.2, -0.15) is 0 Å². The Labute approximate surface area is 277 Å². The van der Waals surface area contributed by atoms with Gasteiger partial charge in [-0.25, -0.2) is 9.59 Å². The van der Waals surface area contributed by atoms with E-state index in [0.29, 0.717) is 18.2 Å². The fourth-order valence-corrected chi connectivity index (χ4v) is 6.64. The molecule has 0 bridgehead atoms. The molecule has 0 radical (unpaired) electrons. The van der Waals surface area contributed by atoms with Gasteiger partial charge in [-0.3, -0.25) is 4.90 Å². The zero-order valence-corrected chi connectivity index (χ0v) is 27.3. The van der Waals surface area contributed by atoms with Crippen LogP contribution in [0.5, 0.6) is 0 Å². The molecular formula is C38H47N3O6. The molecule has 2 amide bonds. The predicted molar refractivity (Wildman–Crippen MR) is 182 cm³/mol. The van der Waals surface area contributed by atoms with Gasteiger partial charge >= 0.3 is 12.0 Å². The van der Waals surface area contributed by atoms with Crippen molar-refractivity contribution in [2.75, 3.05) is 25.5 Å². The highest BCUT2D eigenvalue weighted by molar-refractivity contribution is 5.92. The Kier molecular flexibility index (Phi) is 12.2. The second kappa shape index (κ2) is 16.7. The molecule has 5 rings (SSSR count). The quantitative estimate of drug-likeness (QED) is 0.148. The van der Waals surface area contributed by atoms with Gasteiger partial charge in [0.25, 0.3) is 0 Å². The molecule has 47 heavy (non-hydrogen) atoms. The molecule has 2 aliphatic rings. The van der Waals surface area contributed by atoms with Crippen molar-refractivity contribution in [1.29, 1.82) is 0 Å². The van der Waals surface area contributed by atoms with Crippen molar-refractivity contribution in [3.63, 3.8) is 0 Å². The maximum absolute atomic E-state index is 13.1. The highest BCUT2D eigenvalue weighted by atomic mass is 16.7. The van der Waals surface area contributed by atoms with Crippen LogP contribution in [0.2, 0.25) is 0 Å². The molecule has 3 aromatic carbocycles. The largest absolute Gasteiger partial charge is 0.467 e. The SMILES string of the molecule is C=CCN(CC1OC(c2cccc(NC(=O)NC(Cc3ccccc3)C(=O)OC)c2)OC(c2ccc(CO)cc2)C1C)C1CCCC1. The van der Waals surface area contributed by atoms with Crippen molar-refractivity contribution in [3.8, 4) is 0 Å². The van der Waals surface area contributed by atoms with E-state index in [-0.39, 0.29) is 24.7 Å². The molecule has 9 heteroatoms. The average Bonchev–Trinajstić information content (AvgIpc) is 3.64. The number of ether oxygens (including phenoxy) is 3. The number of hydrogen-bond acceptors (Lipinski definition) is 7. The molecule has 0 spiro atoms. The zero-order valence-electron chi connectivity index (χ0n) is 27.3. The monoisotopic (exact) mass is 641 g/mol. The van der Waals surface area contributed by atoms with Crippen LogP contribution in [-0.2, 0) is 32.0 Å². The highest BCUT2D eigenvalue weighted by Gasteiger charge is 2.40. The molecule has 2 fully saturated rings. The van der Waals surface area contributed by atoms with Gasteiger partial charge in [0.2, 0.25) is 0 Å². The number of nitrogens with zero attached hydrogens (tertiary/aromatic N) is 1. The summed E-state index contributed by atoms with van der Waals surface area (Å²) in [7, 11) is 1.31. The van der Waals surface area contributed by atoms with Crippen molar-refractivity contribution < 1.29 is 28.9 Å². The first-order chi connectivity index (χ1) is 22.9. The smallest absolute Gasteiger partial charge is 0.328 e. The van der Waals surface area contributed by atoms with Gasteiger partial charge in [0.15, 0.2) is 6.29 Å². The number of benzene rings is 3. The van der Waals surface area contributed by atoms with Crippen LogP contribution < -0.4 is 10.6 Å². The standard InChI is InChI=1S/C38H47N3O6/c1-4-21-41(32-15-8-9-16-32)24-34-26(2)35(29-19-17-28(25-42)18-20-29)47-37(46-34)30-13-10-14-31(23-30)39-38(44)40-33(36(43)45-3)22-27-11-6-5-7-12-27/h4-7,10-14,17-20,23,26,32-35,37,42H,1,8-9,15-16,21-22,24-25H2,2-3H3,(H2,39,40,44). The highest BCUT2D eigenvalue weighted by Crippen LogP contribution is 2.42. The Hall–Kier alpha value is -4.02. The van der Waals surface area contributed by atoms with Crippen LogP contribution in [0.25, 0.3) is 0 Å². The number of aliphatic hydroxyl groups excluding tert-OH is 1. The third-order valence-corrected chi connectivity index (χ3v) is 9.23. The number of urea groups is 1. The Morgan fingerprint density at radius 3 is 2.43 bits per heavy atom. The third kappa shape index (κ3) is 9.08. The topological polar surface area (TPSA) is 109 Å². The summed E-state index contributed by atoms with van der Waals surface area (Å²) in [5, 5.41) is 15.2. The zero-order chi connectivity index (χ0) is 33.2. The van der Waals surface area contributed by atoms with E-state index in [2.05, 4.69) is 29.0 Å². The lowest BCUT2D eigenvalue weighted by Gasteiger charge is -2.43. The number of methoxy groups -OCH3 is 1. The fraction of sp³-hybridized carbons (Fsp3) is 0.421. The van der Waals surface area contributed by atoms with Crippen LogP contribution in [0.15, 0.2) is 91.5 Å². The van der Waals surface area contributed by atoms with Crippen molar-refractivity contribution in [3.05, 3.63) is 114 Å². The van der Waals surface area contributed by atoms with Gasteiger partial charge in [0, 0.05) is 42.7 Å². The molecule has 3 N–H and O–H groups in total. The van der Waals surface area contributed by atoms with E-state index in [1.165, 1.54) is 32.8 Å². The third-order valence-electron chi connectivity index (χ3n) is 9.23. The molecule has 1 heterocycles. The van der Waals surface area contributed by atoms with Crippen LogP contribution in [0, 0.1) is 5.92 Å². The Morgan fingerprint density at radius 1 is 1.00 bits per heavy atom. The Morgan fingerprint density at radius 2 is 1.74 bits per heavy atom. The Balaban J connectivity index is 1.34. The summed E-state index contributed by atoms with van der Waals surface area (Å²) in [5.41, 5.74) is 4.07. The molecule has 1 saturated heterocycles. The number of esters is 1. The first-order valence-corrected chi connectivity index (χ1v) is 16.5. The van der Waals surface area contributed by atoms with Gasteiger partial charge in [0.1, 0.15) is 6.04 Å². The molecule has 9 nitrogen and oxygen atoms in total. The van der Waals surface area contributed by atoms with Crippen molar-refractivity contribution in [2.45, 2.75) is 76.2 Å². The first-order valence-electron chi connectivity index (χ1n) is 16.5. The second-order valence-electron chi connectivity index (χ2n) is 12.5. The summed E-state index contributed by atoms with van der Waals surface area (Å²) < 4.78 is 18.3. The first kappa shape index (κ1) is 34.3. The molecular weight excluding hydrogens is 594 g/mol. The lowest BCUT2D eigenvalue weighted by molar-refractivity contribution is -0.276. The van der Waals surface area contributed by atoms with Crippen LogP contribution in [0.4, 0.5) is 10.5 Å². The van der Waals surface area contributed by atoms with Gasteiger partial charge in [-0.1, -0.05) is 92.6 Å². The maximum atomic E-state index is 13.1. The van der Waals surface area contributed by atoms with Crippen molar-refractivity contribution in [1.82, 2.24) is 10.2 Å². The van der Waals surface area contributed by atoms with E-state index in [0.717, 1.165) is 35.3 Å². The molecule has 1 aliphatic carbocycles. The van der Waals surface area contributed by atoms with E-state index >= 15 is 0 Å². The summed E-state index contributed by atoms with van der Waals surface area (Å²) >= 11 is 0. The lowest BCUT2D eigenvalue weighted by atomic mass is 9.89. The fourth-order valence-electron chi connectivity index (χ4n) is 6.64. The number of carbonyl (C=O) groups excluding carboxylic acids is 2. The van der Waals surface area contributed by atoms with E-state index < -0.39 is 24.3 Å². The van der Waals surface area contributed by atoms with E-state index in [1.807, 2.05) is 78.9 Å². The van der Waals surface area contributed by atoms with Crippen LogP contribution in [0.1, 0.15) is 67.3 Å². The molecule has 1 aliphatic heterocycles. The summed E-state index contributed by atoms with van der Waals surface area (Å²) in [6.45, 7) is 7.71. The van der Waals surface area contributed by atoms with E-state index in [4.69, 9.17) is 14.2 Å². The van der Waals surface area contributed by atoms with Crippen molar-refractivity contribution in [2.24, 2.45) is 5.92 Å². The summed E-state index contributed by atoms with van der Waals surface area (Å²) in [4.78, 5) is 28.1. The number of anilines is 1. The average molecular weight is 642 g/mol. The number of amides is 2. The normalized spacial score (nSPS) is 22.0. The molecule has 5 atom stereocenters. The Bertz CT molecular complexity index is 1460. The van der Waals surface area contributed by atoms with Gasteiger partial charge in [-0.05, 0) is 41.7 Å². The molecule has 5 unspecified atom stereocenters. The number of aliphatic hydroxyl groups is 1.